The molecule has 248 valence electrons. The highest BCUT2D eigenvalue weighted by molar-refractivity contribution is 6.20. The molecule has 4 nitrogen and oxygen atoms in total. The molecule has 0 atom stereocenters. The van der Waals surface area contributed by atoms with Gasteiger partial charge in [-0.25, -0.2) is 15.0 Å². The molecule has 0 saturated heterocycles. The van der Waals surface area contributed by atoms with E-state index in [1.54, 1.807) is 0 Å². The Morgan fingerprint density at radius 1 is 0.264 bits per heavy atom. The fraction of sp³-hybridized carbons (Fsp3) is 0. The maximum atomic E-state index is 6.77. The van der Waals surface area contributed by atoms with Gasteiger partial charge in [-0.3, -0.25) is 0 Å². The number of para-hydroxylation sites is 1. The third-order valence-electron chi connectivity index (χ3n) is 9.96. The second kappa shape index (κ2) is 12.9. The van der Waals surface area contributed by atoms with Gasteiger partial charge in [-0.05, 0) is 39.3 Å². The summed E-state index contributed by atoms with van der Waals surface area (Å²) in [5.74, 6) is 1.94. The molecular formula is C49H31N3O. The van der Waals surface area contributed by atoms with Crippen molar-refractivity contribution in [3.8, 4) is 67.5 Å². The summed E-state index contributed by atoms with van der Waals surface area (Å²) in [5, 5.41) is 4.55. The molecule has 8 aromatic carbocycles. The zero-order chi connectivity index (χ0) is 35.1. The van der Waals surface area contributed by atoms with Crippen molar-refractivity contribution in [2.45, 2.75) is 0 Å². The van der Waals surface area contributed by atoms with Gasteiger partial charge in [0.05, 0.1) is 0 Å². The van der Waals surface area contributed by atoms with Crippen LogP contribution < -0.4 is 0 Å². The molecule has 53 heavy (non-hydrogen) atoms. The van der Waals surface area contributed by atoms with Gasteiger partial charge in [-0.15, -0.1) is 0 Å². The molecule has 0 N–H and O–H groups in total. The molecule has 0 saturated carbocycles. The zero-order valence-electron chi connectivity index (χ0n) is 28.6. The molecular weight excluding hydrogens is 647 g/mol. The van der Waals surface area contributed by atoms with Crippen molar-refractivity contribution in [3.63, 3.8) is 0 Å². The summed E-state index contributed by atoms with van der Waals surface area (Å²) in [5.41, 5.74) is 11.5. The summed E-state index contributed by atoms with van der Waals surface area (Å²) in [7, 11) is 0. The number of nitrogens with zero attached hydrogens (tertiary/aromatic N) is 3. The number of hydrogen-bond donors (Lipinski definition) is 0. The van der Waals surface area contributed by atoms with Crippen molar-refractivity contribution in [3.05, 3.63) is 188 Å². The molecule has 4 heteroatoms. The van der Waals surface area contributed by atoms with Crippen LogP contribution in [-0.4, -0.2) is 15.0 Å². The van der Waals surface area contributed by atoms with Crippen LogP contribution >= 0.6 is 0 Å². The highest BCUT2D eigenvalue weighted by Gasteiger charge is 2.18. The number of benzene rings is 8. The third kappa shape index (κ3) is 5.54. The summed E-state index contributed by atoms with van der Waals surface area (Å²) >= 11 is 0. The Labute approximate surface area is 306 Å². The number of fused-ring (bicyclic) bond motifs is 5. The average Bonchev–Trinajstić information content (AvgIpc) is 3.63. The van der Waals surface area contributed by atoms with Crippen LogP contribution in [0.3, 0.4) is 0 Å². The van der Waals surface area contributed by atoms with Crippen molar-refractivity contribution < 1.29 is 4.42 Å². The average molecular weight is 678 g/mol. The molecule has 0 aliphatic carbocycles. The summed E-state index contributed by atoms with van der Waals surface area (Å²) in [6.07, 6.45) is 0. The molecule has 0 amide bonds. The highest BCUT2D eigenvalue weighted by atomic mass is 16.3. The summed E-state index contributed by atoms with van der Waals surface area (Å²) in [4.78, 5) is 14.6. The molecule has 0 aliphatic heterocycles. The van der Waals surface area contributed by atoms with E-state index in [0.717, 1.165) is 66.3 Å². The van der Waals surface area contributed by atoms with Crippen molar-refractivity contribution in [1.29, 1.82) is 0 Å². The van der Waals surface area contributed by atoms with Gasteiger partial charge in [0.2, 0.25) is 0 Å². The Kier molecular flexibility index (Phi) is 7.43. The molecule has 0 unspecified atom stereocenters. The third-order valence-corrected chi connectivity index (χ3v) is 9.96. The van der Waals surface area contributed by atoms with E-state index in [1.165, 1.54) is 16.5 Å². The molecule has 0 radical (unpaired) electrons. The van der Waals surface area contributed by atoms with Crippen molar-refractivity contribution in [2.75, 3.05) is 0 Å². The topological polar surface area (TPSA) is 51.8 Å². The number of furan rings is 1. The minimum atomic E-state index is 0.641. The van der Waals surface area contributed by atoms with Gasteiger partial charge in [0.25, 0.3) is 0 Å². The summed E-state index contributed by atoms with van der Waals surface area (Å²) < 4.78 is 6.77. The van der Waals surface area contributed by atoms with Crippen LogP contribution in [0, 0.1) is 0 Å². The monoisotopic (exact) mass is 677 g/mol. The number of hydrogen-bond acceptors (Lipinski definition) is 4. The van der Waals surface area contributed by atoms with E-state index in [2.05, 4.69) is 127 Å². The lowest BCUT2D eigenvalue weighted by Gasteiger charge is -2.09. The maximum absolute atomic E-state index is 6.77. The van der Waals surface area contributed by atoms with Crippen LogP contribution in [0.1, 0.15) is 0 Å². The standard InChI is InChI=1S/C49H31N3O/c1-4-13-34(14-5-1)43-31-44-42-22-12-21-39(45(42)53-46(44)41-20-11-10-19-40(41)43)35-27-23-32(24-28-35)33-25-29-38(30-26-33)49-51-47(36-15-6-2-7-16-36)50-48(52-49)37-17-8-3-9-18-37/h1-31H. The molecule has 0 fully saturated rings. The van der Waals surface area contributed by atoms with Gasteiger partial charge in [-0.1, -0.05) is 182 Å². The predicted octanol–water partition coefficient (Wildman–Crippen LogP) is 12.9. The van der Waals surface area contributed by atoms with Gasteiger partial charge in [0.15, 0.2) is 17.5 Å². The summed E-state index contributed by atoms with van der Waals surface area (Å²) in [6.45, 7) is 0. The van der Waals surface area contributed by atoms with Gasteiger partial charge in [-0.2, -0.15) is 0 Å². The minimum absolute atomic E-state index is 0.641. The minimum Gasteiger partial charge on any atom is -0.455 e. The molecule has 2 aromatic heterocycles. The van der Waals surface area contributed by atoms with Gasteiger partial charge in [0.1, 0.15) is 11.2 Å². The van der Waals surface area contributed by atoms with Gasteiger partial charge < -0.3 is 4.42 Å². The second-order valence-corrected chi connectivity index (χ2v) is 13.2. The van der Waals surface area contributed by atoms with E-state index < -0.39 is 0 Å². The fourth-order valence-electron chi connectivity index (χ4n) is 7.30. The van der Waals surface area contributed by atoms with Crippen molar-refractivity contribution in [1.82, 2.24) is 15.0 Å². The van der Waals surface area contributed by atoms with Crippen molar-refractivity contribution >= 4 is 32.7 Å². The molecule has 0 spiro atoms. The Hall–Kier alpha value is -7.17. The first-order chi connectivity index (χ1) is 26.3. The van der Waals surface area contributed by atoms with E-state index in [9.17, 15) is 0 Å². The maximum Gasteiger partial charge on any atom is 0.164 e. The Bertz CT molecular complexity index is 2840. The molecule has 2 heterocycles. The van der Waals surface area contributed by atoms with Gasteiger partial charge >= 0.3 is 0 Å². The lowest BCUT2D eigenvalue weighted by molar-refractivity contribution is 0.674. The van der Waals surface area contributed by atoms with Crippen molar-refractivity contribution in [2.24, 2.45) is 0 Å². The largest absolute Gasteiger partial charge is 0.455 e. The second-order valence-electron chi connectivity index (χ2n) is 13.2. The molecule has 10 rings (SSSR count). The van der Waals surface area contributed by atoms with Crippen LogP contribution in [0.5, 0.6) is 0 Å². The molecule has 0 aliphatic rings. The fourth-order valence-corrected chi connectivity index (χ4v) is 7.30. The number of aromatic nitrogens is 3. The quantitative estimate of drug-likeness (QED) is 0.176. The van der Waals surface area contributed by atoms with Crippen LogP contribution in [0.25, 0.3) is 100 Å². The normalized spacial score (nSPS) is 11.4. The Morgan fingerprint density at radius 2 is 0.660 bits per heavy atom. The molecule has 0 bridgehead atoms. The predicted molar refractivity (Wildman–Crippen MR) is 217 cm³/mol. The van der Waals surface area contributed by atoms with Crippen LogP contribution in [-0.2, 0) is 0 Å². The molecule has 10 aromatic rings. The van der Waals surface area contributed by atoms with E-state index in [-0.39, 0.29) is 0 Å². The number of rotatable bonds is 6. The lowest BCUT2D eigenvalue weighted by atomic mass is 9.94. The lowest BCUT2D eigenvalue weighted by Crippen LogP contribution is -2.00. The first kappa shape index (κ1) is 30.6. The summed E-state index contributed by atoms with van der Waals surface area (Å²) in [6, 6.07) is 65.1. The highest BCUT2D eigenvalue weighted by Crippen LogP contribution is 2.42. The van der Waals surface area contributed by atoms with E-state index >= 15 is 0 Å². The van der Waals surface area contributed by atoms with Crippen LogP contribution in [0.15, 0.2) is 192 Å². The van der Waals surface area contributed by atoms with E-state index in [1.807, 2.05) is 60.7 Å². The van der Waals surface area contributed by atoms with E-state index in [4.69, 9.17) is 19.4 Å². The first-order valence-corrected chi connectivity index (χ1v) is 17.8. The SMILES string of the molecule is c1ccc(-c2nc(-c3ccccc3)nc(-c3ccc(-c4ccc(-c5cccc6c5oc5c7ccccc7c(-c7ccccc7)cc65)cc4)cc3)n2)cc1. The van der Waals surface area contributed by atoms with Gasteiger partial charge in [0, 0.05) is 38.4 Å². The van der Waals surface area contributed by atoms with Crippen LogP contribution in [0.4, 0.5) is 0 Å². The zero-order valence-corrected chi connectivity index (χ0v) is 28.6. The van der Waals surface area contributed by atoms with Crippen LogP contribution in [0.2, 0.25) is 0 Å². The first-order valence-electron chi connectivity index (χ1n) is 17.8. The Morgan fingerprint density at radius 3 is 1.23 bits per heavy atom. The van der Waals surface area contributed by atoms with E-state index in [0.29, 0.717) is 17.5 Å². The Balaban J connectivity index is 0.999. The smallest absolute Gasteiger partial charge is 0.164 e.